The number of hydrogen-bond acceptors (Lipinski definition) is 8. The first-order chi connectivity index (χ1) is 16.9. The summed E-state index contributed by atoms with van der Waals surface area (Å²) in [6.45, 7) is 2.69. The number of benzene rings is 1. The van der Waals surface area contributed by atoms with Crippen molar-refractivity contribution in [2.45, 2.75) is 38.6 Å². The summed E-state index contributed by atoms with van der Waals surface area (Å²) < 4.78 is 21.8. The van der Waals surface area contributed by atoms with Gasteiger partial charge in [0.15, 0.2) is 11.3 Å². The Hall–Kier alpha value is -2.75. The molecule has 1 fully saturated rings. The van der Waals surface area contributed by atoms with Crippen LogP contribution in [0.25, 0.3) is 0 Å². The predicted octanol–water partition coefficient (Wildman–Crippen LogP) is 4.96. The smallest absolute Gasteiger partial charge is 0.340 e. The number of carbonyl (C=O) groups is 3. The molecule has 1 aromatic heterocycles. The van der Waals surface area contributed by atoms with E-state index in [1.165, 1.54) is 18.4 Å². The Morgan fingerprint density at radius 2 is 1.74 bits per heavy atom. The number of anilines is 1. The molecule has 0 bridgehead atoms. The minimum absolute atomic E-state index is 0.0521. The number of aldehydes is 1. The fourth-order valence-electron chi connectivity index (χ4n) is 4.41. The quantitative estimate of drug-likeness (QED) is 0.316. The molecule has 2 aromatic rings. The summed E-state index contributed by atoms with van der Waals surface area (Å²) in [6, 6.07) is 7.86. The molecule has 1 heterocycles. The predicted molar refractivity (Wildman–Crippen MR) is 134 cm³/mol. The number of carbonyl (C=O) groups excluding carboxylic acids is 3. The van der Waals surface area contributed by atoms with E-state index in [0.29, 0.717) is 27.3 Å². The Morgan fingerprint density at radius 1 is 1.06 bits per heavy atom. The third-order valence-corrected chi connectivity index (χ3v) is 7.14. The minimum atomic E-state index is -0.589. The van der Waals surface area contributed by atoms with Crippen molar-refractivity contribution in [3.8, 4) is 10.8 Å². The second kappa shape index (κ2) is 12.8. The third-order valence-electron chi connectivity index (χ3n) is 6.26. The average molecular weight is 504 g/mol. The van der Waals surface area contributed by atoms with Crippen LogP contribution < -0.4 is 9.64 Å². The number of amides is 1. The van der Waals surface area contributed by atoms with Crippen LogP contribution in [0.4, 0.5) is 5.69 Å². The van der Waals surface area contributed by atoms with Crippen molar-refractivity contribution in [3.05, 3.63) is 40.8 Å². The topological polar surface area (TPSA) is 91.4 Å². The zero-order valence-corrected chi connectivity index (χ0v) is 21.5. The number of thiophene rings is 1. The molecule has 1 aliphatic carbocycles. The molecule has 190 valence electrons. The summed E-state index contributed by atoms with van der Waals surface area (Å²) in [5.41, 5.74) is 0.624. The van der Waals surface area contributed by atoms with Crippen molar-refractivity contribution in [3.63, 3.8) is 0 Å². The highest BCUT2D eigenvalue weighted by atomic mass is 32.1. The first kappa shape index (κ1) is 26.8. The monoisotopic (exact) mass is 503 g/mol. The summed E-state index contributed by atoms with van der Waals surface area (Å²) in [6.07, 6.45) is 4.33. The summed E-state index contributed by atoms with van der Waals surface area (Å²) in [4.78, 5) is 39.9. The average Bonchev–Trinajstić information content (AvgIpc) is 3.32. The van der Waals surface area contributed by atoms with E-state index in [0.717, 1.165) is 32.0 Å². The summed E-state index contributed by atoms with van der Waals surface area (Å²) >= 11 is 1.20. The molecule has 9 heteroatoms. The van der Waals surface area contributed by atoms with Gasteiger partial charge < -0.3 is 23.8 Å². The molecular weight excluding hydrogens is 470 g/mol. The molecule has 1 saturated carbocycles. The maximum atomic E-state index is 13.9. The molecule has 0 aliphatic heterocycles. The molecule has 3 rings (SSSR count). The standard InChI is InChI=1S/C26H33NO7S/c1-17-5-7-18(8-6-17)25(29)27(19(15-31-2)16-32-3)23-11-9-20(13-22(23)26(30)33-4)34-24-12-10-21(14-28)35-24/h9-14,17-19H,5-8,15-16H2,1-4H3/t17-,18-. The van der Waals surface area contributed by atoms with E-state index in [2.05, 4.69) is 6.92 Å². The molecule has 1 aromatic carbocycles. The largest absolute Gasteiger partial charge is 0.465 e. The van der Waals surface area contributed by atoms with Crippen LogP contribution in [0.2, 0.25) is 0 Å². The maximum Gasteiger partial charge on any atom is 0.340 e. The number of hydrogen-bond donors (Lipinski definition) is 0. The molecular formula is C26H33NO7S. The van der Waals surface area contributed by atoms with Crippen LogP contribution in [0, 0.1) is 11.8 Å². The molecule has 0 N–H and O–H groups in total. The lowest BCUT2D eigenvalue weighted by atomic mass is 9.82. The maximum absolute atomic E-state index is 13.9. The zero-order chi connectivity index (χ0) is 25.4. The van der Waals surface area contributed by atoms with Crippen LogP contribution in [0.3, 0.4) is 0 Å². The summed E-state index contributed by atoms with van der Waals surface area (Å²) in [5.74, 6) is 0.206. The van der Waals surface area contributed by atoms with Crippen molar-refractivity contribution in [2.24, 2.45) is 11.8 Å². The minimum Gasteiger partial charge on any atom is -0.465 e. The Morgan fingerprint density at radius 3 is 2.31 bits per heavy atom. The second-order valence-electron chi connectivity index (χ2n) is 8.78. The Labute approximate surface area is 210 Å². The number of nitrogens with zero attached hydrogens (tertiary/aromatic N) is 1. The molecule has 1 aliphatic rings. The Kier molecular flexibility index (Phi) is 9.83. The van der Waals surface area contributed by atoms with Crippen molar-refractivity contribution in [2.75, 3.05) is 39.4 Å². The van der Waals surface area contributed by atoms with Crippen LogP contribution in [-0.4, -0.2) is 58.7 Å². The van der Waals surface area contributed by atoms with Gasteiger partial charge in [-0.1, -0.05) is 18.3 Å². The van der Waals surface area contributed by atoms with Crippen LogP contribution in [0.5, 0.6) is 10.8 Å². The van der Waals surface area contributed by atoms with E-state index >= 15 is 0 Å². The fourth-order valence-corrected chi connectivity index (χ4v) is 5.10. The zero-order valence-electron chi connectivity index (χ0n) is 20.7. The van der Waals surface area contributed by atoms with E-state index in [1.54, 1.807) is 49.5 Å². The summed E-state index contributed by atoms with van der Waals surface area (Å²) in [7, 11) is 4.44. The normalized spacial score (nSPS) is 17.7. The van der Waals surface area contributed by atoms with Crippen molar-refractivity contribution in [1.82, 2.24) is 0 Å². The molecule has 0 radical (unpaired) electrons. The number of methoxy groups -OCH3 is 3. The number of ether oxygens (including phenoxy) is 4. The van der Waals surface area contributed by atoms with Crippen LogP contribution in [0.15, 0.2) is 30.3 Å². The molecule has 35 heavy (non-hydrogen) atoms. The second-order valence-corrected chi connectivity index (χ2v) is 9.85. The van der Waals surface area contributed by atoms with Gasteiger partial charge in [0.1, 0.15) is 5.75 Å². The van der Waals surface area contributed by atoms with E-state index < -0.39 is 12.0 Å². The van der Waals surface area contributed by atoms with E-state index in [-0.39, 0.29) is 30.6 Å². The van der Waals surface area contributed by atoms with E-state index in [1.807, 2.05) is 0 Å². The lowest BCUT2D eigenvalue weighted by Gasteiger charge is -2.36. The van der Waals surface area contributed by atoms with Gasteiger partial charge in [-0.25, -0.2) is 4.79 Å². The van der Waals surface area contributed by atoms with Crippen molar-refractivity contribution in [1.29, 1.82) is 0 Å². The third kappa shape index (κ3) is 6.68. The van der Waals surface area contributed by atoms with Gasteiger partial charge in [0.25, 0.3) is 0 Å². The molecule has 1 amide bonds. The van der Waals surface area contributed by atoms with Gasteiger partial charge in [0.05, 0.1) is 42.5 Å². The molecule has 0 saturated heterocycles. The number of esters is 1. The first-order valence-electron chi connectivity index (χ1n) is 11.7. The number of rotatable bonds is 11. The molecule has 0 spiro atoms. The van der Waals surface area contributed by atoms with E-state index in [4.69, 9.17) is 18.9 Å². The highest BCUT2D eigenvalue weighted by Crippen LogP contribution is 2.36. The lowest BCUT2D eigenvalue weighted by Crippen LogP contribution is -2.49. The molecule has 0 atom stereocenters. The van der Waals surface area contributed by atoms with E-state index in [9.17, 15) is 14.4 Å². The van der Waals surface area contributed by atoms with Gasteiger partial charge in [-0.3, -0.25) is 9.59 Å². The molecule has 8 nitrogen and oxygen atoms in total. The van der Waals surface area contributed by atoms with Gasteiger partial charge >= 0.3 is 5.97 Å². The SMILES string of the molecule is COCC(COC)N(c1ccc(Oc2ccc(C=O)s2)cc1C(=O)OC)C(=O)[C@H]1CC[C@H](C)CC1. The Bertz CT molecular complexity index is 1010. The first-order valence-corrected chi connectivity index (χ1v) is 12.5. The van der Waals surface area contributed by atoms with Gasteiger partial charge in [-0.05, 0) is 61.9 Å². The fraction of sp³-hybridized carbons (Fsp3) is 0.500. The van der Waals surface area contributed by atoms with Gasteiger partial charge in [-0.15, -0.1) is 0 Å². The molecule has 0 unspecified atom stereocenters. The lowest BCUT2D eigenvalue weighted by molar-refractivity contribution is -0.124. The van der Waals surface area contributed by atoms with Crippen molar-refractivity contribution >= 4 is 35.2 Å². The highest BCUT2D eigenvalue weighted by Gasteiger charge is 2.35. The summed E-state index contributed by atoms with van der Waals surface area (Å²) in [5, 5.41) is 0.511. The van der Waals surface area contributed by atoms with Gasteiger partial charge in [0.2, 0.25) is 5.91 Å². The van der Waals surface area contributed by atoms with Crippen LogP contribution >= 0.6 is 11.3 Å². The van der Waals surface area contributed by atoms with Gasteiger partial charge in [0, 0.05) is 20.1 Å². The van der Waals surface area contributed by atoms with Crippen LogP contribution in [-0.2, 0) is 19.0 Å². The van der Waals surface area contributed by atoms with Gasteiger partial charge in [-0.2, -0.15) is 0 Å². The van der Waals surface area contributed by atoms with Crippen molar-refractivity contribution < 1.29 is 33.3 Å². The highest BCUT2D eigenvalue weighted by molar-refractivity contribution is 7.15. The Balaban J connectivity index is 2.02. The van der Waals surface area contributed by atoms with Crippen LogP contribution in [0.1, 0.15) is 52.6 Å².